The maximum absolute atomic E-state index is 6.14. The van der Waals surface area contributed by atoms with Crippen LogP contribution in [0.5, 0.6) is 0 Å². The molecule has 0 bridgehead atoms. The van der Waals surface area contributed by atoms with E-state index in [9.17, 15) is 0 Å². The third-order valence-electron chi connectivity index (χ3n) is 5.68. The molecule has 2 aliphatic heterocycles. The van der Waals surface area contributed by atoms with Gasteiger partial charge < -0.3 is 24.2 Å². The van der Waals surface area contributed by atoms with Crippen LogP contribution in [0.4, 0.5) is 0 Å². The van der Waals surface area contributed by atoms with Gasteiger partial charge in [-0.05, 0) is 45.4 Å². The van der Waals surface area contributed by atoms with Crippen LogP contribution in [0.2, 0.25) is 0 Å². The lowest BCUT2D eigenvalue weighted by atomic mass is 10.1. The summed E-state index contributed by atoms with van der Waals surface area (Å²) in [4.78, 5) is 11.6. The number of aromatic nitrogens is 2. The number of hydrogen-bond donors (Lipinski definition) is 1. The Bertz CT molecular complexity index is 634. The fourth-order valence-corrected chi connectivity index (χ4v) is 3.86. The zero-order chi connectivity index (χ0) is 21.2. The quantitative estimate of drug-likeness (QED) is 0.372. The van der Waals surface area contributed by atoms with Crippen molar-refractivity contribution in [2.45, 2.75) is 83.8 Å². The Balaban J connectivity index is 1.38. The van der Waals surface area contributed by atoms with Crippen LogP contribution in [0.25, 0.3) is 0 Å². The van der Waals surface area contributed by atoms with Gasteiger partial charge in [0.1, 0.15) is 0 Å². The Morgan fingerprint density at radius 2 is 2.10 bits per heavy atom. The first-order chi connectivity index (χ1) is 14.7. The van der Waals surface area contributed by atoms with Crippen molar-refractivity contribution in [1.82, 2.24) is 20.4 Å². The highest BCUT2D eigenvalue weighted by atomic mass is 16.5. The smallest absolute Gasteiger partial charge is 0.226 e. The van der Waals surface area contributed by atoms with Gasteiger partial charge in [-0.2, -0.15) is 4.98 Å². The first kappa shape index (κ1) is 23.0. The van der Waals surface area contributed by atoms with E-state index in [1.54, 1.807) is 0 Å². The summed E-state index contributed by atoms with van der Waals surface area (Å²) in [5.41, 5.74) is 0. The summed E-state index contributed by atoms with van der Waals surface area (Å²) in [6.07, 6.45) is 7.97. The van der Waals surface area contributed by atoms with Crippen molar-refractivity contribution >= 4 is 5.96 Å². The minimum absolute atomic E-state index is 0.294. The lowest BCUT2D eigenvalue weighted by Gasteiger charge is -2.35. The summed E-state index contributed by atoms with van der Waals surface area (Å²) in [5, 5.41) is 7.45. The molecule has 1 aromatic heterocycles. The van der Waals surface area contributed by atoms with Crippen LogP contribution < -0.4 is 5.32 Å². The SMILES string of the molecule is CCNC(=NCCCc1nc(C(C)C)no1)N1CCC(OCC2CCCCO2)CC1. The Labute approximate surface area is 180 Å². The molecule has 30 heavy (non-hydrogen) atoms. The van der Waals surface area contributed by atoms with E-state index in [1.165, 1.54) is 12.8 Å². The van der Waals surface area contributed by atoms with Crippen molar-refractivity contribution in [3.05, 3.63) is 11.7 Å². The van der Waals surface area contributed by atoms with Gasteiger partial charge >= 0.3 is 0 Å². The van der Waals surface area contributed by atoms with Crippen molar-refractivity contribution < 1.29 is 14.0 Å². The maximum Gasteiger partial charge on any atom is 0.226 e. The fraction of sp³-hybridized carbons (Fsp3) is 0.864. The highest BCUT2D eigenvalue weighted by molar-refractivity contribution is 5.80. The standard InChI is InChI=1S/C22H39N5O3/c1-4-23-22(24-12-7-9-20-25-21(17(2)3)26-30-20)27-13-10-18(11-14-27)29-16-19-8-5-6-15-28-19/h17-19H,4-16H2,1-3H3,(H,23,24). The molecule has 2 fully saturated rings. The number of hydrogen-bond acceptors (Lipinski definition) is 6. The van der Waals surface area contributed by atoms with E-state index in [4.69, 9.17) is 19.0 Å². The molecule has 0 amide bonds. The molecule has 0 saturated carbocycles. The molecule has 0 radical (unpaired) electrons. The average molecular weight is 422 g/mol. The third-order valence-corrected chi connectivity index (χ3v) is 5.68. The van der Waals surface area contributed by atoms with Gasteiger partial charge in [-0.15, -0.1) is 0 Å². The second-order valence-electron chi connectivity index (χ2n) is 8.55. The highest BCUT2D eigenvalue weighted by Crippen LogP contribution is 2.18. The van der Waals surface area contributed by atoms with Crippen molar-refractivity contribution in [3.63, 3.8) is 0 Å². The number of piperidine rings is 1. The van der Waals surface area contributed by atoms with E-state index in [2.05, 4.69) is 41.1 Å². The van der Waals surface area contributed by atoms with E-state index < -0.39 is 0 Å². The molecule has 0 aliphatic carbocycles. The molecular formula is C22H39N5O3. The summed E-state index contributed by atoms with van der Waals surface area (Å²) in [6.45, 7) is 11.5. The Morgan fingerprint density at radius 3 is 2.77 bits per heavy atom. The number of likely N-dealkylation sites (tertiary alicyclic amines) is 1. The van der Waals surface area contributed by atoms with Crippen LogP contribution >= 0.6 is 0 Å². The van der Waals surface area contributed by atoms with Gasteiger partial charge in [0, 0.05) is 45.1 Å². The van der Waals surface area contributed by atoms with Gasteiger partial charge in [-0.1, -0.05) is 19.0 Å². The van der Waals surface area contributed by atoms with Crippen LogP contribution in [-0.4, -0.2) is 72.6 Å². The number of guanidine groups is 1. The molecule has 0 spiro atoms. The first-order valence-corrected chi connectivity index (χ1v) is 11.7. The predicted octanol–water partition coefficient (Wildman–Crippen LogP) is 3.14. The third kappa shape index (κ3) is 7.23. The van der Waals surface area contributed by atoms with Crippen molar-refractivity contribution in [2.75, 3.05) is 39.4 Å². The Kier molecular flexibility index (Phi) is 9.39. The second kappa shape index (κ2) is 12.2. The molecular weight excluding hydrogens is 382 g/mol. The molecule has 0 aromatic carbocycles. The van der Waals surface area contributed by atoms with Gasteiger partial charge in [-0.3, -0.25) is 4.99 Å². The maximum atomic E-state index is 6.14. The van der Waals surface area contributed by atoms with Crippen LogP contribution in [0.15, 0.2) is 9.52 Å². The summed E-state index contributed by atoms with van der Waals surface area (Å²) in [6, 6.07) is 0. The topological polar surface area (TPSA) is 85.0 Å². The Hall–Kier alpha value is -1.67. The molecule has 2 saturated heterocycles. The summed E-state index contributed by atoms with van der Waals surface area (Å²) in [5.74, 6) is 2.78. The van der Waals surface area contributed by atoms with Crippen molar-refractivity contribution in [1.29, 1.82) is 0 Å². The summed E-state index contributed by atoms with van der Waals surface area (Å²) in [7, 11) is 0. The van der Waals surface area contributed by atoms with E-state index >= 15 is 0 Å². The van der Waals surface area contributed by atoms with Crippen molar-refractivity contribution in [2.24, 2.45) is 4.99 Å². The minimum atomic E-state index is 0.294. The fourth-order valence-electron chi connectivity index (χ4n) is 3.86. The van der Waals surface area contributed by atoms with Gasteiger partial charge in [0.05, 0.1) is 18.8 Å². The summed E-state index contributed by atoms with van der Waals surface area (Å²) >= 11 is 0. The normalized spacial score (nSPS) is 21.4. The predicted molar refractivity (Wildman–Crippen MR) is 117 cm³/mol. The van der Waals surface area contributed by atoms with Gasteiger partial charge in [0.15, 0.2) is 11.8 Å². The highest BCUT2D eigenvalue weighted by Gasteiger charge is 2.23. The molecule has 1 atom stereocenters. The first-order valence-electron chi connectivity index (χ1n) is 11.7. The average Bonchev–Trinajstić information content (AvgIpc) is 3.25. The molecule has 2 aliphatic rings. The lowest BCUT2D eigenvalue weighted by Crippen LogP contribution is -2.47. The molecule has 1 N–H and O–H groups in total. The molecule has 8 heteroatoms. The van der Waals surface area contributed by atoms with E-state index in [1.807, 2.05) is 0 Å². The number of nitrogens with zero attached hydrogens (tertiary/aromatic N) is 4. The second-order valence-corrected chi connectivity index (χ2v) is 8.55. The van der Waals surface area contributed by atoms with Crippen molar-refractivity contribution in [3.8, 4) is 0 Å². The van der Waals surface area contributed by atoms with E-state index in [0.717, 1.165) is 83.3 Å². The van der Waals surface area contributed by atoms with Crippen LogP contribution in [0.3, 0.4) is 0 Å². The number of ether oxygens (including phenoxy) is 2. The zero-order valence-corrected chi connectivity index (χ0v) is 18.9. The number of aryl methyl sites for hydroxylation is 1. The van der Waals surface area contributed by atoms with Crippen LogP contribution in [0.1, 0.15) is 76.9 Å². The molecule has 8 nitrogen and oxygen atoms in total. The van der Waals surface area contributed by atoms with Gasteiger partial charge in [-0.25, -0.2) is 0 Å². The van der Waals surface area contributed by atoms with Crippen LogP contribution in [0, 0.1) is 0 Å². The number of aliphatic imine (C=N–C) groups is 1. The molecule has 3 heterocycles. The number of rotatable bonds is 9. The lowest BCUT2D eigenvalue weighted by molar-refractivity contribution is -0.0721. The molecule has 3 rings (SSSR count). The monoisotopic (exact) mass is 421 g/mol. The minimum Gasteiger partial charge on any atom is -0.376 e. The van der Waals surface area contributed by atoms with E-state index in [0.29, 0.717) is 24.0 Å². The summed E-state index contributed by atoms with van der Waals surface area (Å²) < 4.78 is 17.2. The molecule has 170 valence electrons. The Morgan fingerprint density at radius 1 is 1.27 bits per heavy atom. The van der Waals surface area contributed by atoms with Gasteiger partial charge in [0.2, 0.25) is 5.89 Å². The number of nitrogens with one attached hydrogen (secondary N) is 1. The largest absolute Gasteiger partial charge is 0.376 e. The molecule has 1 unspecified atom stereocenters. The van der Waals surface area contributed by atoms with Gasteiger partial charge in [0.25, 0.3) is 0 Å². The zero-order valence-electron chi connectivity index (χ0n) is 18.9. The molecule has 1 aromatic rings. The van der Waals surface area contributed by atoms with E-state index in [-0.39, 0.29) is 0 Å². The van der Waals surface area contributed by atoms with Crippen LogP contribution in [-0.2, 0) is 15.9 Å².